The molecule has 0 spiro atoms. The van der Waals surface area contributed by atoms with Gasteiger partial charge in [-0.25, -0.2) is 9.98 Å². The number of aromatic nitrogens is 1. The number of anilines is 1. The van der Waals surface area contributed by atoms with Crippen LogP contribution in [-0.2, 0) is 6.54 Å². The van der Waals surface area contributed by atoms with Crippen molar-refractivity contribution >= 4 is 46.4 Å². The minimum Gasteiger partial charge on any atom is -0.493 e. The minimum atomic E-state index is -2.92. The summed E-state index contributed by atoms with van der Waals surface area (Å²) in [6.45, 7) is 0.477. The number of hydrogen-bond acceptors (Lipinski definition) is 6. The van der Waals surface area contributed by atoms with Crippen molar-refractivity contribution in [3.63, 3.8) is 0 Å². The molecule has 1 fully saturated rings. The summed E-state index contributed by atoms with van der Waals surface area (Å²) in [4.78, 5) is 12.9. The van der Waals surface area contributed by atoms with Crippen molar-refractivity contribution in [3.8, 4) is 11.5 Å². The van der Waals surface area contributed by atoms with Crippen LogP contribution < -0.4 is 20.1 Å². The topological polar surface area (TPSA) is 76.2 Å². The average molecular weight is 525 g/mol. The van der Waals surface area contributed by atoms with Gasteiger partial charge in [-0.05, 0) is 17.7 Å². The highest BCUT2D eigenvalue weighted by atomic mass is 127. The molecule has 2 N–H and O–H groups in total. The van der Waals surface area contributed by atoms with Gasteiger partial charge in [0, 0.05) is 37.8 Å². The van der Waals surface area contributed by atoms with Crippen LogP contribution in [0.25, 0.3) is 0 Å². The van der Waals surface area contributed by atoms with Crippen LogP contribution in [0.2, 0.25) is 0 Å². The van der Waals surface area contributed by atoms with E-state index in [2.05, 4.69) is 19.6 Å². The summed E-state index contributed by atoms with van der Waals surface area (Å²) in [6.07, 6.45) is 1.79. The first-order valence-corrected chi connectivity index (χ1v) is 9.26. The Morgan fingerprint density at radius 3 is 2.64 bits per heavy atom. The minimum absolute atomic E-state index is 0. The molecular formula is C17H22F2IN5O2S. The molecule has 0 radical (unpaired) electrons. The second-order valence-electron chi connectivity index (χ2n) is 5.83. The van der Waals surface area contributed by atoms with Gasteiger partial charge in [0.15, 0.2) is 22.6 Å². The summed E-state index contributed by atoms with van der Waals surface area (Å²) >= 11 is 1.61. The van der Waals surface area contributed by atoms with Gasteiger partial charge in [-0.2, -0.15) is 8.78 Å². The van der Waals surface area contributed by atoms with Gasteiger partial charge >= 0.3 is 6.61 Å². The van der Waals surface area contributed by atoms with Crippen LogP contribution in [0.3, 0.4) is 0 Å². The maximum absolute atomic E-state index is 12.5. The Morgan fingerprint density at radius 2 is 2.04 bits per heavy atom. The van der Waals surface area contributed by atoms with Crippen LogP contribution in [0.4, 0.5) is 13.9 Å². The molecule has 1 aromatic heterocycles. The van der Waals surface area contributed by atoms with E-state index in [-0.39, 0.29) is 42.0 Å². The van der Waals surface area contributed by atoms with Gasteiger partial charge in [-0.1, -0.05) is 6.07 Å². The zero-order valence-corrected chi connectivity index (χ0v) is 18.4. The van der Waals surface area contributed by atoms with E-state index in [0.717, 1.165) is 31.3 Å². The zero-order chi connectivity index (χ0) is 19.2. The fourth-order valence-electron chi connectivity index (χ4n) is 2.78. The molecule has 1 aliphatic heterocycles. The zero-order valence-electron chi connectivity index (χ0n) is 15.3. The van der Waals surface area contributed by atoms with E-state index in [1.54, 1.807) is 29.7 Å². The Balaban J connectivity index is 0.00000280. The van der Waals surface area contributed by atoms with Crippen molar-refractivity contribution in [2.75, 3.05) is 38.2 Å². The summed E-state index contributed by atoms with van der Waals surface area (Å²) < 4.78 is 34.6. The predicted molar refractivity (Wildman–Crippen MR) is 116 cm³/mol. The van der Waals surface area contributed by atoms with Gasteiger partial charge in [0.05, 0.1) is 13.7 Å². The third-order valence-electron chi connectivity index (χ3n) is 4.16. The Labute approximate surface area is 183 Å². The SMILES string of the molecule is COc1ccc(CN=C(N)N2CCN(c3nccs3)CC2)cc1OC(F)F.I. The molecule has 3 rings (SSSR count). The molecule has 11 heteroatoms. The normalized spacial score (nSPS) is 14.8. The van der Waals surface area contributed by atoms with Crippen molar-refractivity contribution in [2.24, 2.45) is 10.7 Å². The van der Waals surface area contributed by atoms with E-state index in [9.17, 15) is 8.78 Å². The third-order valence-corrected chi connectivity index (χ3v) is 4.99. The summed E-state index contributed by atoms with van der Waals surface area (Å²) in [5.74, 6) is 0.658. The molecule has 0 saturated carbocycles. The lowest BCUT2D eigenvalue weighted by atomic mass is 10.2. The molecule has 7 nitrogen and oxygen atoms in total. The van der Waals surface area contributed by atoms with Gasteiger partial charge in [-0.3, -0.25) is 0 Å². The average Bonchev–Trinajstić information content (AvgIpc) is 3.21. The molecular weight excluding hydrogens is 503 g/mol. The molecule has 0 unspecified atom stereocenters. The summed E-state index contributed by atoms with van der Waals surface area (Å²) in [7, 11) is 1.40. The molecule has 0 bridgehead atoms. The molecule has 28 heavy (non-hydrogen) atoms. The second kappa shape index (κ2) is 10.6. The Morgan fingerprint density at radius 1 is 1.29 bits per heavy atom. The number of nitrogens with zero attached hydrogens (tertiary/aromatic N) is 4. The van der Waals surface area contributed by atoms with E-state index >= 15 is 0 Å². The standard InChI is InChI=1S/C17H21F2N5O2S.HI/c1-25-13-3-2-12(10-14(13)26-15(18)19)11-22-16(20)23-5-7-24(8-6-23)17-21-4-9-27-17;/h2-4,9-10,15H,5-8,11H2,1H3,(H2,20,22);1H. The molecule has 0 aliphatic carbocycles. The van der Waals surface area contributed by atoms with Crippen LogP contribution in [-0.4, -0.2) is 55.7 Å². The van der Waals surface area contributed by atoms with E-state index < -0.39 is 6.61 Å². The number of aliphatic imine (C=N–C) groups is 1. The molecule has 0 atom stereocenters. The third kappa shape index (κ3) is 5.80. The summed E-state index contributed by atoms with van der Waals surface area (Å²) in [5, 5.41) is 2.97. The van der Waals surface area contributed by atoms with E-state index in [1.165, 1.54) is 13.2 Å². The lowest BCUT2D eigenvalue weighted by Gasteiger charge is -2.35. The Kier molecular flexibility index (Phi) is 8.48. The molecule has 1 aromatic carbocycles. The van der Waals surface area contributed by atoms with E-state index in [1.807, 2.05) is 10.3 Å². The monoisotopic (exact) mass is 525 g/mol. The first kappa shape index (κ1) is 22.4. The number of alkyl halides is 2. The lowest BCUT2D eigenvalue weighted by molar-refractivity contribution is -0.0512. The van der Waals surface area contributed by atoms with Crippen LogP contribution in [0, 0.1) is 0 Å². The van der Waals surface area contributed by atoms with Gasteiger partial charge < -0.3 is 25.0 Å². The number of rotatable bonds is 6. The van der Waals surface area contributed by atoms with Gasteiger partial charge in [0.25, 0.3) is 0 Å². The van der Waals surface area contributed by atoms with Crippen LogP contribution in [0.1, 0.15) is 5.56 Å². The van der Waals surface area contributed by atoms with Gasteiger partial charge in [-0.15, -0.1) is 35.3 Å². The number of thiazole rings is 1. The fraction of sp³-hybridized carbons (Fsp3) is 0.412. The maximum Gasteiger partial charge on any atom is 0.387 e. The number of benzene rings is 1. The van der Waals surface area contributed by atoms with Crippen LogP contribution >= 0.6 is 35.3 Å². The fourth-order valence-corrected chi connectivity index (χ4v) is 3.48. The molecule has 2 heterocycles. The van der Waals surface area contributed by atoms with Crippen molar-refractivity contribution < 1.29 is 18.3 Å². The summed E-state index contributed by atoms with van der Waals surface area (Å²) in [6, 6.07) is 4.81. The molecule has 2 aromatic rings. The highest BCUT2D eigenvalue weighted by Gasteiger charge is 2.20. The number of guanidine groups is 1. The van der Waals surface area contributed by atoms with Gasteiger partial charge in [0.2, 0.25) is 0 Å². The van der Waals surface area contributed by atoms with Crippen LogP contribution in [0.15, 0.2) is 34.8 Å². The Bertz CT molecular complexity index is 771. The van der Waals surface area contributed by atoms with E-state index in [0.29, 0.717) is 11.5 Å². The first-order valence-electron chi connectivity index (χ1n) is 8.38. The highest BCUT2D eigenvalue weighted by Crippen LogP contribution is 2.29. The highest BCUT2D eigenvalue weighted by molar-refractivity contribution is 14.0. The maximum atomic E-state index is 12.5. The largest absolute Gasteiger partial charge is 0.493 e. The van der Waals surface area contributed by atoms with E-state index in [4.69, 9.17) is 10.5 Å². The summed E-state index contributed by atoms with van der Waals surface area (Å²) in [5.41, 5.74) is 6.81. The number of piperazine rings is 1. The van der Waals surface area contributed by atoms with Crippen molar-refractivity contribution in [1.82, 2.24) is 9.88 Å². The number of hydrogen-bond donors (Lipinski definition) is 1. The predicted octanol–water partition coefficient (Wildman–Crippen LogP) is 3.01. The smallest absolute Gasteiger partial charge is 0.387 e. The first-order chi connectivity index (χ1) is 13.1. The van der Waals surface area contributed by atoms with Crippen molar-refractivity contribution in [2.45, 2.75) is 13.2 Å². The number of nitrogens with two attached hydrogens (primary N) is 1. The van der Waals surface area contributed by atoms with Crippen LogP contribution in [0.5, 0.6) is 11.5 Å². The second-order valence-corrected chi connectivity index (χ2v) is 6.70. The van der Waals surface area contributed by atoms with Crippen molar-refractivity contribution in [3.05, 3.63) is 35.3 Å². The molecule has 1 saturated heterocycles. The molecule has 154 valence electrons. The molecule has 0 amide bonds. The lowest BCUT2D eigenvalue weighted by Crippen LogP contribution is -2.51. The van der Waals surface area contributed by atoms with Crippen molar-refractivity contribution in [1.29, 1.82) is 0 Å². The number of methoxy groups -OCH3 is 1. The quantitative estimate of drug-likeness (QED) is 0.355. The number of ether oxygens (including phenoxy) is 2. The Hall–Kier alpha value is -1.89. The van der Waals surface area contributed by atoms with Gasteiger partial charge in [0.1, 0.15) is 0 Å². The number of halogens is 3. The molecule has 1 aliphatic rings.